The Kier molecular flexibility index (Phi) is 5.94. The average Bonchev–Trinajstić information content (AvgIpc) is 2.73. The third-order valence-electron chi connectivity index (χ3n) is 3.99. The van der Waals surface area contributed by atoms with Crippen LogP contribution < -0.4 is 19.5 Å². The molecule has 0 spiro atoms. The summed E-state index contributed by atoms with van der Waals surface area (Å²) in [6, 6.07) is 22.2. The number of ether oxygens (including phenoxy) is 3. The standard InChI is InChI=1S/C22H21NO4/c1-25-20-12-11-18(14-21(20)26-2)23-22(24)17-9-6-10-19(13-17)27-15-16-7-4-3-5-8-16/h3-14H,15H2,1-2H3,(H,23,24). The molecule has 3 aromatic rings. The van der Waals surface area contributed by atoms with Gasteiger partial charge in [0.05, 0.1) is 14.2 Å². The minimum absolute atomic E-state index is 0.229. The van der Waals surface area contributed by atoms with Crippen LogP contribution in [0.4, 0.5) is 5.69 Å². The molecule has 5 heteroatoms. The molecule has 0 bridgehead atoms. The van der Waals surface area contributed by atoms with Crippen molar-refractivity contribution in [1.82, 2.24) is 0 Å². The molecule has 5 nitrogen and oxygen atoms in total. The van der Waals surface area contributed by atoms with Crippen LogP contribution in [0.15, 0.2) is 72.8 Å². The first-order valence-electron chi connectivity index (χ1n) is 8.50. The number of methoxy groups -OCH3 is 2. The molecule has 0 aliphatic rings. The quantitative estimate of drug-likeness (QED) is 0.670. The molecular formula is C22H21NO4. The number of carbonyl (C=O) groups is 1. The number of hydrogen-bond donors (Lipinski definition) is 1. The van der Waals surface area contributed by atoms with Crippen molar-refractivity contribution in [2.24, 2.45) is 0 Å². The van der Waals surface area contributed by atoms with E-state index in [0.717, 1.165) is 5.56 Å². The summed E-state index contributed by atoms with van der Waals surface area (Å²) in [6.07, 6.45) is 0. The number of amides is 1. The summed E-state index contributed by atoms with van der Waals surface area (Å²) < 4.78 is 16.3. The van der Waals surface area contributed by atoms with Crippen LogP contribution in [-0.2, 0) is 6.61 Å². The zero-order valence-corrected chi connectivity index (χ0v) is 15.3. The summed E-state index contributed by atoms with van der Waals surface area (Å²) >= 11 is 0. The zero-order chi connectivity index (χ0) is 19.1. The lowest BCUT2D eigenvalue weighted by Gasteiger charge is -2.11. The summed E-state index contributed by atoms with van der Waals surface area (Å²) in [5, 5.41) is 2.86. The van der Waals surface area contributed by atoms with Crippen LogP contribution in [0, 0.1) is 0 Å². The lowest BCUT2D eigenvalue weighted by atomic mass is 10.2. The van der Waals surface area contributed by atoms with Crippen molar-refractivity contribution in [2.75, 3.05) is 19.5 Å². The molecule has 0 heterocycles. The highest BCUT2D eigenvalue weighted by molar-refractivity contribution is 6.04. The van der Waals surface area contributed by atoms with Gasteiger partial charge in [-0.15, -0.1) is 0 Å². The van der Waals surface area contributed by atoms with Crippen LogP contribution in [0.25, 0.3) is 0 Å². The van der Waals surface area contributed by atoms with E-state index in [1.807, 2.05) is 36.4 Å². The highest BCUT2D eigenvalue weighted by atomic mass is 16.5. The van der Waals surface area contributed by atoms with Crippen LogP contribution in [0.1, 0.15) is 15.9 Å². The molecule has 0 saturated heterocycles. The molecule has 3 rings (SSSR count). The van der Waals surface area contributed by atoms with Gasteiger partial charge in [0, 0.05) is 17.3 Å². The van der Waals surface area contributed by atoms with Crippen LogP contribution in [0.3, 0.4) is 0 Å². The number of anilines is 1. The van der Waals surface area contributed by atoms with Crippen molar-refractivity contribution < 1.29 is 19.0 Å². The Morgan fingerprint density at radius 3 is 2.37 bits per heavy atom. The van der Waals surface area contributed by atoms with E-state index >= 15 is 0 Å². The lowest BCUT2D eigenvalue weighted by molar-refractivity contribution is 0.102. The van der Waals surface area contributed by atoms with Gasteiger partial charge in [0.25, 0.3) is 5.91 Å². The molecular weight excluding hydrogens is 342 g/mol. The van der Waals surface area contributed by atoms with Crippen molar-refractivity contribution >= 4 is 11.6 Å². The largest absolute Gasteiger partial charge is 0.493 e. The van der Waals surface area contributed by atoms with Gasteiger partial charge in [0.1, 0.15) is 12.4 Å². The van der Waals surface area contributed by atoms with Gasteiger partial charge in [0.2, 0.25) is 0 Å². The van der Waals surface area contributed by atoms with Gasteiger partial charge >= 0.3 is 0 Å². The van der Waals surface area contributed by atoms with Gasteiger partial charge in [-0.1, -0.05) is 36.4 Å². The predicted molar refractivity (Wildman–Crippen MR) is 105 cm³/mol. The van der Waals surface area contributed by atoms with Crippen molar-refractivity contribution in [3.05, 3.63) is 83.9 Å². The molecule has 0 unspecified atom stereocenters. The van der Waals surface area contributed by atoms with Crippen LogP contribution in [0.2, 0.25) is 0 Å². The first-order valence-corrected chi connectivity index (χ1v) is 8.50. The van der Waals surface area contributed by atoms with E-state index < -0.39 is 0 Å². The zero-order valence-electron chi connectivity index (χ0n) is 15.3. The highest BCUT2D eigenvalue weighted by Crippen LogP contribution is 2.30. The van der Waals surface area contributed by atoms with E-state index in [-0.39, 0.29) is 5.91 Å². The molecule has 1 N–H and O–H groups in total. The Morgan fingerprint density at radius 1 is 0.852 bits per heavy atom. The van der Waals surface area contributed by atoms with E-state index in [4.69, 9.17) is 14.2 Å². The molecule has 0 aliphatic heterocycles. The van der Waals surface area contributed by atoms with E-state index in [2.05, 4.69) is 5.32 Å². The number of benzene rings is 3. The molecule has 0 fully saturated rings. The summed E-state index contributed by atoms with van der Waals surface area (Å²) in [5.41, 5.74) is 2.20. The number of rotatable bonds is 7. The van der Waals surface area contributed by atoms with Crippen LogP contribution in [0.5, 0.6) is 17.2 Å². The van der Waals surface area contributed by atoms with Crippen LogP contribution >= 0.6 is 0 Å². The maximum Gasteiger partial charge on any atom is 0.255 e. The van der Waals surface area contributed by atoms with Gasteiger partial charge in [-0.2, -0.15) is 0 Å². The molecule has 27 heavy (non-hydrogen) atoms. The van der Waals surface area contributed by atoms with Crippen molar-refractivity contribution in [3.63, 3.8) is 0 Å². The Morgan fingerprint density at radius 2 is 1.63 bits per heavy atom. The monoisotopic (exact) mass is 363 g/mol. The summed E-state index contributed by atoms with van der Waals surface area (Å²) in [7, 11) is 3.12. The molecule has 0 atom stereocenters. The van der Waals surface area contributed by atoms with Crippen LogP contribution in [-0.4, -0.2) is 20.1 Å². The maximum absolute atomic E-state index is 12.6. The lowest BCUT2D eigenvalue weighted by Crippen LogP contribution is -2.12. The minimum atomic E-state index is -0.229. The summed E-state index contributed by atoms with van der Waals surface area (Å²) in [6.45, 7) is 0.446. The molecule has 3 aromatic carbocycles. The Labute approximate surface area is 158 Å². The summed E-state index contributed by atoms with van der Waals surface area (Å²) in [4.78, 5) is 12.6. The van der Waals surface area contributed by atoms with Gasteiger partial charge in [-0.05, 0) is 35.9 Å². The first kappa shape index (κ1) is 18.3. The van der Waals surface area contributed by atoms with Crippen molar-refractivity contribution in [2.45, 2.75) is 6.61 Å². The number of nitrogens with one attached hydrogen (secondary N) is 1. The number of carbonyl (C=O) groups excluding carboxylic acids is 1. The second-order valence-electron chi connectivity index (χ2n) is 5.83. The van der Waals surface area contributed by atoms with Gasteiger partial charge < -0.3 is 19.5 Å². The fraction of sp³-hybridized carbons (Fsp3) is 0.136. The fourth-order valence-electron chi connectivity index (χ4n) is 2.59. The van der Waals surface area contributed by atoms with Crippen molar-refractivity contribution in [3.8, 4) is 17.2 Å². The molecule has 1 amide bonds. The number of hydrogen-bond acceptors (Lipinski definition) is 4. The third-order valence-corrected chi connectivity index (χ3v) is 3.99. The molecule has 0 aromatic heterocycles. The van der Waals surface area contributed by atoms with Gasteiger partial charge in [-0.25, -0.2) is 0 Å². The Bertz CT molecular complexity index is 909. The smallest absolute Gasteiger partial charge is 0.255 e. The Balaban J connectivity index is 1.68. The van der Waals surface area contributed by atoms with E-state index in [9.17, 15) is 4.79 Å². The second-order valence-corrected chi connectivity index (χ2v) is 5.83. The molecule has 138 valence electrons. The summed E-state index contributed by atoms with van der Waals surface area (Å²) in [5.74, 6) is 1.56. The highest BCUT2D eigenvalue weighted by Gasteiger charge is 2.10. The maximum atomic E-state index is 12.6. The SMILES string of the molecule is COc1ccc(NC(=O)c2cccc(OCc3ccccc3)c2)cc1OC. The van der Waals surface area contributed by atoms with Gasteiger partial charge in [0.15, 0.2) is 11.5 Å². The molecule has 0 radical (unpaired) electrons. The fourth-order valence-corrected chi connectivity index (χ4v) is 2.59. The first-order chi connectivity index (χ1) is 13.2. The Hall–Kier alpha value is -3.47. The predicted octanol–water partition coefficient (Wildman–Crippen LogP) is 4.54. The topological polar surface area (TPSA) is 56.8 Å². The average molecular weight is 363 g/mol. The molecule has 0 saturated carbocycles. The molecule has 0 aliphatic carbocycles. The third kappa shape index (κ3) is 4.79. The normalized spacial score (nSPS) is 10.1. The minimum Gasteiger partial charge on any atom is -0.493 e. The van der Waals surface area contributed by atoms with E-state index in [0.29, 0.717) is 35.1 Å². The van der Waals surface area contributed by atoms with E-state index in [1.165, 1.54) is 0 Å². The second kappa shape index (κ2) is 8.76. The van der Waals surface area contributed by atoms with Gasteiger partial charge in [-0.3, -0.25) is 4.79 Å². The van der Waals surface area contributed by atoms with E-state index in [1.54, 1.807) is 50.6 Å². The van der Waals surface area contributed by atoms with Crippen molar-refractivity contribution in [1.29, 1.82) is 0 Å².